The Morgan fingerprint density at radius 3 is 2.24 bits per heavy atom. The van der Waals surface area contributed by atoms with Crippen LogP contribution in [0.25, 0.3) is 0 Å². The minimum atomic E-state index is 0.214. The maximum absolute atomic E-state index is 3.78. The van der Waals surface area contributed by atoms with Crippen LogP contribution in [-0.4, -0.2) is 13.6 Å². The number of rotatable bonds is 8. The molecule has 0 amide bonds. The van der Waals surface area contributed by atoms with Crippen LogP contribution in [0, 0.1) is 11.3 Å². The van der Waals surface area contributed by atoms with Crippen LogP contribution in [0.3, 0.4) is 0 Å². The fourth-order valence-electron chi connectivity index (χ4n) is 5.01. The number of anilines is 1. The van der Waals surface area contributed by atoms with Gasteiger partial charge >= 0.3 is 0 Å². The van der Waals surface area contributed by atoms with E-state index >= 15 is 0 Å². The molecule has 2 aromatic rings. The average Bonchev–Trinajstić information content (AvgIpc) is 2.79. The van der Waals surface area contributed by atoms with Crippen molar-refractivity contribution >= 4 is 5.69 Å². The minimum Gasteiger partial charge on any atom is -0.378 e. The summed E-state index contributed by atoms with van der Waals surface area (Å²) in [7, 11) is 1.96. The minimum absolute atomic E-state index is 0.214. The molecule has 0 spiro atoms. The second-order valence-electron chi connectivity index (χ2n) is 11.5. The molecular weight excluding hydrogens is 400 g/mol. The molecule has 2 unspecified atom stereocenters. The summed E-state index contributed by atoms with van der Waals surface area (Å²) in [6.45, 7) is 17.6. The highest BCUT2D eigenvalue weighted by Crippen LogP contribution is 2.41. The lowest BCUT2D eigenvalue weighted by molar-refractivity contribution is 0.241. The van der Waals surface area contributed by atoms with Crippen LogP contribution < -0.4 is 10.6 Å². The Morgan fingerprint density at radius 1 is 1.00 bits per heavy atom. The van der Waals surface area contributed by atoms with E-state index in [4.69, 9.17) is 0 Å². The van der Waals surface area contributed by atoms with Crippen molar-refractivity contribution in [1.29, 1.82) is 0 Å². The zero-order chi connectivity index (χ0) is 24.5. The first kappa shape index (κ1) is 27.4. The van der Waals surface area contributed by atoms with Crippen molar-refractivity contribution in [2.75, 3.05) is 18.9 Å². The van der Waals surface area contributed by atoms with Gasteiger partial charge in [0.25, 0.3) is 0 Å². The second kappa shape index (κ2) is 12.6. The van der Waals surface area contributed by atoms with Gasteiger partial charge in [-0.05, 0) is 85.2 Å². The van der Waals surface area contributed by atoms with E-state index in [0.717, 1.165) is 18.9 Å². The van der Waals surface area contributed by atoms with E-state index < -0.39 is 0 Å². The van der Waals surface area contributed by atoms with Crippen LogP contribution in [0.15, 0.2) is 48.5 Å². The monoisotopic (exact) mass is 450 g/mol. The lowest BCUT2D eigenvalue weighted by Gasteiger charge is -2.37. The first-order chi connectivity index (χ1) is 15.6. The number of fused-ring (bicyclic) bond motifs is 1. The summed E-state index contributed by atoms with van der Waals surface area (Å²) in [5.74, 6) is 0.721. The smallest absolute Gasteiger partial charge is 0.0517 e. The Hall–Kier alpha value is -1.80. The van der Waals surface area contributed by atoms with Gasteiger partial charge in [-0.3, -0.25) is 0 Å². The lowest BCUT2D eigenvalue weighted by Crippen LogP contribution is -2.30. The van der Waals surface area contributed by atoms with E-state index in [1.165, 1.54) is 54.5 Å². The van der Waals surface area contributed by atoms with Crippen LogP contribution in [0.5, 0.6) is 0 Å². The van der Waals surface area contributed by atoms with Crippen LogP contribution in [-0.2, 0) is 11.8 Å². The van der Waals surface area contributed by atoms with Gasteiger partial charge in [0.1, 0.15) is 0 Å². The molecule has 3 rings (SSSR count). The summed E-state index contributed by atoms with van der Waals surface area (Å²) in [4.78, 5) is 0. The van der Waals surface area contributed by atoms with Crippen molar-refractivity contribution in [2.24, 2.45) is 11.3 Å². The first-order valence-corrected chi connectivity index (χ1v) is 13.2. The quantitative estimate of drug-likeness (QED) is 0.421. The molecule has 0 aromatic heterocycles. The van der Waals surface area contributed by atoms with Crippen molar-refractivity contribution in [3.8, 4) is 0 Å². The lowest BCUT2D eigenvalue weighted by atomic mass is 9.68. The zero-order valence-corrected chi connectivity index (χ0v) is 22.7. The van der Waals surface area contributed by atoms with Crippen LogP contribution >= 0.6 is 0 Å². The molecule has 33 heavy (non-hydrogen) atoms. The van der Waals surface area contributed by atoms with Gasteiger partial charge in [0.15, 0.2) is 0 Å². The predicted octanol–water partition coefficient (Wildman–Crippen LogP) is 8.53. The second-order valence-corrected chi connectivity index (χ2v) is 11.5. The Labute approximate surface area is 205 Å². The maximum atomic E-state index is 3.78. The number of benzene rings is 2. The molecule has 0 radical (unpaired) electrons. The molecule has 1 aliphatic rings. The highest BCUT2D eigenvalue weighted by Gasteiger charge is 2.32. The summed E-state index contributed by atoms with van der Waals surface area (Å²) in [5, 5.41) is 6.80. The normalized spacial score (nSPS) is 16.8. The predicted molar refractivity (Wildman–Crippen MR) is 147 cm³/mol. The molecule has 2 aromatic carbocycles. The molecule has 0 fully saturated rings. The summed E-state index contributed by atoms with van der Waals surface area (Å²) in [5.41, 5.74) is 6.34. The molecule has 0 saturated heterocycles. The van der Waals surface area contributed by atoms with Gasteiger partial charge < -0.3 is 10.6 Å². The summed E-state index contributed by atoms with van der Waals surface area (Å²) in [6.07, 6.45) is 7.40. The highest BCUT2D eigenvalue weighted by molar-refractivity contribution is 5.57. The number of hydrogen-bond donors (Lipinski definition) is 2. The third-order valence-electron chi connectivity index (χ3n) is 7.34. The molecule has 0 aliphatic carbocycles. The first-order valence-electron chi connectivity index (χ1n) is 13.2. The molecule has 2 atom stereocenters. The van der Waals surface area contributed by atoms with Gasteiger partial charge in [-0.2, -0.15) is 0 Å². The maximum Gasteiger partial charge on any atom is 0.0517 e. The summed E-state index contributed by atoms with van der Waals surface area (Å²) in [6, 6.07) is 18.5. The van der Waals surface area contributed by atoms with Crippen molar-refractivity contribution in [1.82, 2.24) is 5.32 Å². The third-order valence-corrected chi connectivity index (χ3v) is 7.34. The largest absolute Gasteiger partial charge is 0.378 e. The molecule has 2 heteroatoms. The SMILES string of the molecule is CCC(CCC(C)(C)C)C(C)(C)c1ccc2c(c1)CCC(c1ccccc1)N2.CCCNC. The van der Waals surface area contributed by atoms with E-state index in [0.29, 0.717) is 11.5 Å². The van der Waals surface area contributed by atoms with E-state index in [9.17, 15) is 0 Å². The molecule has 0 bridgehead atoms. The molecule has 184 valence electrons. The van der Waals surface area contributed by atoms with Crippen molar-refractivity contribution in [3.05, 3.63) is 65.2 Å². The third kappa shape index (κ3) is 8.18. The van der Waals surface area contributed by atoms with Crippen LogP contribution in [0.2, 0.25) is 0 Å². The van der Waals surface area contributed by atoms with Gasteiger partial charge in [-0.15, -0.1) is 0 Å². The standard InChI is InChI=1S/C27H39N.C4H11N/c1-7-22(17-18-26(2,3)4)27(5,6)23-14-16-25-21(19-23)13-15-24(28-25)20-11-9-8-10-12-20;1-3-4-5-2/h8-12,14,16,19,22,24,28H,7,13,15,17-18H2,1-6H3;5H,3-4H2,1-2H3. The van der Waals surface area contributed by atoms with Gasteiger partial charge in [-0.1, -0.05) is 97.4 Å². The Morgan fingerprint density at radius 2 is 1.70 bits per heavy atom. The van der Waals surface area contributed by atoms with Gasteiger partial charge in [0, 0.05) is 5.69 Å². The fourth-order valence-corrected chi connectivity index (χ4v) is 5.01. The summed E-state index contributed by atoms with van der Waals surface area (Å²) >= 11 is 0. The van der Waals surface area contributed by atoms with Crippen molar-refractivity contribution in [3.63, 3.8) is 0 Å². The Bertz CT molecular complexity index is 815. The van der Waals surface area contributed by atoms with Gasteiger partial charge in [0.2, 0.25) is 0 Å². The highest BCUT2D eigenvalue weighted by atomic mass is 14.9. The molecule has 2 nitrogen and oxygen atoms in total. The Kier molecular flexibility index (Phi) is 10.5. The molecule has 2 N–H and O–H groups in total. The van der Waals surface area contributed by atoms with E-state index in [2.05, 4.69) is 108 Å². The fraction of sp³-hybridized carbons (Fsp3) is 0.613. The molecule has 1 heterocycles. The van der Waals surface area contributed by atoms with Crippen LogP contribution in [0.4, 0.5) is 5.69 Å². The van der Waals surface area contributed by atoms with Gasteiger partial charge in [0.05, 0.1) is 6.04 Å². The number of hydrogen-bond acceptors (Lipinski definition) is 2. The average molecular weight is 451 g/mol. The zero-order valence-electron chi connectivity index (χ0n) is 22.7. The topological polar surface area (TPSA) is 24.1 Å². The molecule has 0 saturated carbocycles. The van der Waals surface area contributed by atoms with Crippen molar-refractivity contribution in [2.45, 2.75) is 98.4 Å². The van der Waals surface area contributed by atoms with E-state index in [-0.39, 0.29) is 5.41 Å². The molecular formula is C31H50N2. The number of nitrogens with one attached hydrogen (secondary N) is 2. The Balaban J connectivity index is 0.000000696. The van der Waals surface area contributed by atoms with Crippen LogP contribution in [0.1, 0.15) is 103 Å². The number of aryl methyl sites for hydroxylation is 1. The van der Waals surface area contributed by atoms with E-state index in [1.54, 1.807) is 0 Å². The van der Waals surface area contributed by atoms with Gasteiger partial charge in [-0.25, -0.2) is 0 Å². The van der Waals surface area contributed by atoms with E-state index in [1.807, 2.05) is 7.05 Å². The molecule has 1 aliphatic heterocycles. The summed E-state index contributed by atoms with van der Waals surface area (Å²) < 4.78 is 0. The van der Waals surface area contributed by atoms with Crippen molar-refractivity contribution < 1.29 is 0 Å².